The van der Waals surface area contributed by atoms with Crippen molar-refractivity contribution in [3.8, 4) is 5.75 Å². The molecule has 0 saturated heterocycles. The summed E-state index contributed by atoms with van der Waals surface area (Å²) in [7, 11) is 1.70. The van der Waals surface area contributed by atoms with Gasteiger partial charge in [0.25, 0.3) is 5.91 Å². The summed E-state index contributed by atoms with van der Waals surface area (Å²) >= 11 is 5.98. The number of hydrogen-bond acceptors (Lipinski definition) is 3. The second-order valence-corrected chi connectivity index (χ2v) is 4.76. The van der Waals surface area contributed by atoms with Gasteiger partial charge in [-0.15, -0.1) is 0 Å². The maximum Gasteiger partial charge on any atom is 0.270 e. The highest BCUT2D eigenvalue weighted by atomic mass is 35.5. The third-order valence-electron chi connectivity index (χ3n) is 2.80. The number of nitrogens with one attached hydrogen (secondary N) is 1. The molecule has 3 N–H and O–H groups in total. The lowest BCUT2D eigenvalue weighted by Gasteiger charge is -2.17. The number of aromatic amines is 1. The largest absolute Gasteiger partial charge is 0.490 e. The fraction of sp³-hybridized carbons (Fsp3) is 0.214. The van der Waals surface area contributed by atoms with E-state index in [1.54, 1.807) is 36.3 Å². The van der Waals surface area contributed by atoms with Crippen molar-refractivity contribution in [2.45, 2.75) is 0 Å². The molecule has 2 aromatic rings. The molecular weight excluding hydrogens is 278 g/mol. The molecular formula is C14H16ClN3O2. The maximum atomic E-state index is 12.0. The second kappa shape index (κ2) is 6.34. The number of H-pyrrole nitrogens is 1. The zero-order chi connectivity index (χ0) is 14.5. The molecule has 6 heteroatoms. The molecule has 0 unspecified atom stereocenters. The standard InChI is InChI=1S/C14H16ClN3O2/c1-18(14(19)12-8-10(16)9-17-12)6-7-20-13-5-3-2-4-11(13)15/h2-5,8-9,17H,6-7,16H2,1H3. The number of ether oxygens (including phenoxy) is 1. The first-order valence-electron chi connectivity index (χ1n) is 6.14. The molecule has 0 saturated carbocycles. The topological polar surface area (TPSA) is 71.3 Å². The lowest BCUT2D eigenvalue weighted by atomic mass is 10.3. The molecule has 20 heavy (non-hydrogen) atoms. The van der Waals surface area contributed by atoms with Gasteiger partial charge >= 0.3 is 0 Å². The summed E-state index contributed by atoms with van der Waals surface area (Å²) in [6.07, 6.45) is 1.58. The van der Waals surface area contributed by atoms with E-state index in [2.05, 4.69) is 4.98 Å². The van der Waals surface area contributed by atoms with E-state index in [0.29, 0.717) is 35.3 Å². The number of nitrogen functional groups attached to an aromatic ring is 1. The molecule has 0 bridgehead atoms. The Hall–Kier alpha value is -2.14. The number of nitrogens with two attached hydrogens (primary N) is 1. The van der Waals surface area contributed by atoms with E-state index in [9.17, 15) is 4.79 Å². The normalized spacial score (nSPS) is 10.3. The monoisotopic (exact) mass is 293 g/mol. The molecule has 0 aliphatic carbocycles. The highest BCUT2D eigenvalue weighted by Crippen LogP contribution is 2.22. The molecule has 1 aromatic heterocycles. The SMILES string of the molecule is CN(CCOc1ccccc1Cl)C(=O)c1cc(N)c[nH]1. The fourth-order valence-corrected chi connectivity index (χ4v) is 1.89. The number of hydrogen-bond donors (Lipinski definition) is 2. The third kappa shape index (κ3) is 3.45. The van der Waals surface area contributed by atoms with Crippen LogP contribution in [0.5, 0.6) is 5.75 Å². The van der Waals surface area contributed by atoms with E-state index in [1.165, 1.54) is 0 Å². The summed E-state index contributed by atoms with van der Waals surface area (Å²) in [6, 6.07) is 8.83. The van der Waals surface area contributed by atoms with E-state index in [-0.39, 0.29) is 5.91 Å². The molecule has 0 atom stereocenters. The average molecular weight is 294 g/mol. The first-order valence-corrected chi connectivity index (χ1v) is 6.52. The van der Waals surface area contributed by atoms with Gasteiger partial charge < -0.3 is 20.4 Å². The van der Waals surface area contributed by atoms with Gasteiger partial charge in [0.1, 0.15) is 18.1 Å². The van der Waals surface area contributed by atoms with Crippen LogP contribution in [0.3, 0.4) is 0 Å². The lowest BCUT2D eigenvalue weighted by Crippen LogP contribution is -2.31. The Morgan fingerprint density at radius 1 is 1.45 bits per heavy atom. The molecule has 5 nitrogen and oxygen atoms in total. The molecule has 0 radical (unpaired) electrons. The van der Waals surface area contributed by atoms with E-state index in [0.717, 1.165) is 0 Å². The Morgan fingerprint density at radius 2 is 2.20 bits per heavy atom. The summed E-state index contributed by atoms with van der Waals surface area (Å²) in [5, 5.41) is 0.554. The van der Waals surface area contributed by atoms with Crippen molar-refractivity contribution in [1.29, 1.82) is 0 Å². The predicted molar refractivity (Wildman–Crippen MR) is 79.1 cm³/mol. The van der Waals surface area contributed by atoms with Crippen molar-refractivity contribution >= 4 is 23.2 Å². The third-order valence-corrected chi connectivity index (χ3v) is 3.12. The Bertz CT molecular complexity index is 598. The number of rotatable bonds is 5. The van der Waals surface area contributed by atoms with Crippen LogP contribution in [0.4, 0.5) is 5.69 Å². The molecule has 1 aromatic carbocycles. The van der Waals surface area contributed by atoms with Crippen molar-refractivity contribution < 1.29 is 9.53 Å². The van der Waals surface area contributed by atoms with E-state index in [1.807, 2.05) is 12.1 Å². The van der Waals surface area contributed by atoms with Crippen LogP contribution in [0, 0.1) is 0 Å². The van der Waals surface area contributed by atoms with E-state index >= 15 is 0 Å². The Labute approximate surface area is 122 Å². The summed E-state index contributed by atoms with van der Waals surface area (Å²) < 4.78 is 5.54. The number of para-hydroxylation sites is 1. The first-order chi connectivity index (χ1) is 9.58. The minimum absolute atomic E-state index is 0.135. The zero-order valence-corrected chi connectivity index (χ0v) is 11.9. The highest BCUT2D eigenvalue weighted by molar-refractivity contribution is 6.32. The average Bonchev–Trinajstić information content (AvgIpc) is 2.86. The van der Waals surface area contributed by atoms with Crippen LogP contribution in [0.25, 0.3) is 0 Å². The summed E-state index contributed by atoms with van der Waals surface area (Å²) in [6.45, 7) is 0.811. The second-order valence-electron chi connectivity index (χ2n) is 4.35. The van der Waals surface area contributed by atoms with Crippen molar-refractivity contribution in [2.75, 3.05) is 25.9 Å². The Kier molecular flexibility index (Phi) is 4.53. The molecule has 1 amide bonds. The number of anilines is 1. The zero-order valence-electron chi connectivity index (χ0n) is 11.1. The predicted octanol–water partition coefficient (Wildman–Crippen LogP) is 2.40. The molecule has 106 valence electrons. The van der Waals surface area contributed by atoms with Crippen LogP contribution >= 0.6 is 11.6 Å². The minimum atomic E-state index is -0.135. The maximum absolute atomic E-state index is 12.0. The van der Waals surface area contributed by atoms with Crippen LogP contribution in [-0.4, -0.2) is 36.0 Å². The summed E-state index contributed by atoms with van der Waals surface area (Å²) in [5.41, 5.74) is 6.57. The Morgan fingerprint density at radius 3 is 2.85 bits per heavy atom. The van der Waals surface area contributed by atoms with Crippen LogP contribution in [0.1, 0.15) is 10.5 Å². The quantitative estimate of drug-likeness (QED) is 0.889. The molecule has 0 spiro atoms. The van der Waals surface area contributed by atoms with Crippen molar-refractivity contribution in [2.24, 2.45) is 0 Å². The number of halogens is 1. The molecule has 0 fully saturated rings. The minimum Gasteiger partial charge on any atom is -0.490 e. The molecule has 2 rings (SSSR count). The van der Waals surface area contributed by atoms with Crippen LogP contribution in [-0.2, 0) is 0 Å². The smallest absolute Gasteiger partial charge is 0.270 e. The van der Waals surface area contributed by atoms with E-state index in [4.69, 9.17) is 22.1 Å². The number of aromatic nitrogens is 1. The van der Waals surface area contributed by atoms with Gasteiger partial charge in [-0.1, -0.05) is 23.7 Å². The van der Waals surface area contributed by atoms with Crippen LogP contribution < -0.4 is 10.5 Å². The van der Waals surface area contributed by atoms with Crippen molar-refractivity contribution in [3.63, 3.8) is 0 Å². The van der Waals surface area contributed by atoms with Gasteiger partial charge in [-0.2, -0.15) is 0 Å². The Balaban J connectivity index is 1.85. The fourth-order valence-electron chi connectivity index (χ4n) is 1.70. The van der Waals surface area contributed by atoms with Crippen LogP contribution in [0.15, 0.2) is 36.5 Å². The van der Waals surface area contributed by atoms with Gasteiger partial charge in [0.15, 0.2) is 0 Å². The summed E-state index contributed by atoms with van der Waals surface area (Å²) in [4.78, 5) is 16.4. The van der Waals surface area contributed by atoms with Crippen molar-refractivity contribution in [1.82, 2.24) is 9.88 Å². The lowest BCUT2D eigenvalue weighted by molar-refractivity contribution is 0.0769. The molecule has 0 aliphatic heterocycles. The van der Waals surface area contributed by atoms with Crippen LogP contribution in [0.2, 0.25) is 5.02 Å². The van der Waals surface area contributed by atoms with Gasteiger partial charge in [0.2, 0.25) is 0 Å². The number of nitrogens with zero attached hydrogens (tertiary/aromatic N) is 1. The number of carbonyl (C=O) groups is 1. The van der Waals surface area contributed by atoms with Crippen molar-refractivity contribution in [3.05, 3.63) is 47.2 Å². The van der Waals surface area contributed by atoms with E-state index < -0.39 is 0 Å². The number of amides is 1. The number of likely N-dealkylation sites (N-methyl/N-ethyl adjacent to an activating group) is 1. The summed E-state index contributed by atoms with van der Waals surface area (Å²) in [5.74, 6) is 0.476. The molecule has 1 heterocycles. The van der Waals surface area contributed by atoms with Gasteiger partial charge in [-0.05, 0) is 18.2 Å². The van der Waals surface area contributed by atoms with Gasteiger partial charge in [0.05, 0.1) is 11.6 Å². The first kappa shape index (κ1) is 14.3. The highest BCUT2D eigenvalue weighted by Gasteiger charge is 2.13. The molecule has 0 aliphatic rings. The van der Waals surface area contributed by atoms with Gasteiger partial charge in [-0.25, -0.2) is 0 Å². The van der Waals surface area contributed by atoms with Gasteiger partial charge in [-0.3, -0.25) is 4.79 Å². The van der Waals surface area contributed by atoms with Gasteiger partial charge in [0, 0.05) is 18.9 Å². The number of carbonyl (C=O) groups excluding carboxylic acids is 1. The number of benzene rings is 1.